The molecule has 0 saturated carbocycles. The Bertz CT molecular complexity index is 1360. The highest BCUT2D eigenvalue weighted by molar-refractivity contribution is 8.26. The van der Waals surface area contributed by atoms with Crippen LogP contribution in [0.5, 0.6) is 0 Å². The topological polar surface area (TPSA) is 102 Å². The largest absolute Gasteiger partial charge is 0.456 e. The van der Waals surface area contributed by atoms with Crippen LogP contribution >= 0.6 is 24.0 Å². The molecule has 8 nitrogen and oxygen atoms in total. The van der Waals surface area contributed by atoms with Crippen molar-refractivity contribution in [1.29, 1.82) is 0 Å². The third kappa shape index (κ3) is 3.97. The highest BCUT2D eigenvalue weighted by Gasteiger charge is 2.26. The van der Waals surface area contributed by atoms with Gasteiger partial charge in [0.25, 0.3) is 5.91 Å². The molecule has 11 heteroatoms. The molecule has 0 radical (unpaired) electrons. The Labute approximate surface area is 193 Å². The van der Waals surface area contributed by atoms with Gasteiger partial charge in [-0.25, -0.2) is 8.42 Å². The first-order valence-electron chi connectivity index (χ1n) is 9.72. The number of benzene rings is 1. The minimum absolute atomic E-state index is 0.230. The van der Waals surface area contributed by atoms with E-state index in [2.05, 4.69) is 10.3 Å². The molecule has 0 unspecified atom stereocenters. The van der Waals surface area contributed by atoms with Gasteiger partial charge in [-0.05, 0) is 23.8 Å². The number of aromatic nitrogens is 1. The van der Waals surface area contributed by atoms with Gasteiger partial charge in [0.2, 0.25) is 10.0 Å². The number of nitrogens with zero attached hydrogens (tertiary/aromatic N) is 2. The molecule has 2 aliphatic rings. The Morgan fingerprint density at radius 3 is 2.59 bits per heavy atom. The number of fused-ring (bicyclic) bond motifs is 1. The molecule has 3 aromatic rings. The van der Waals surface area contributed by atoms with Crippen LogP contribution in [-0.2, 0) is 19.6 Å². The fourth-order valence-electron chi connectivity index (χ4n) is 3.55. The number of sulfonamides is 1. The third-order valence-corrected chi connectivity index (χ3v) is 8.21. The van der Waals surface area contributed by atoms with Crippen molar-refractivity contribution in [3.63, 3.8) is 0 Å². The summed E-state index contributed by atoms with van der Waals surface area (Å²) in [5.74, 6) is 0.249. The third-order valence-electron chi connectivity index (χ3n) is 5.13. The molecule has 2 fully saturated rings. The second-order valence-corrected chi connectivity index (χ2v) is 10.8. The fourth-order valence-corrected chi connectivity index (χ4v) is 5.98. The van der Waals surface area contributed by atoms with Crippen LogP contribution in [0, 0.1) is 0 Å². The van der Waals surface area contributed by atoms with Crippen molar-refractivity contribution < 1.29 is 22.4 Å². The highest BCUT2D eigenvalue weighted by atomic mass is 32.2. The van der Waals surface area contributed by atoms with E-state index in [0.29, 0.717) is 46.9 Å². The number of ether oxygens (including phenoxy) is 1. The molecule has 0 spiro atoms. The molecule has 2 aliphatic heterocycles. The van der Waals surface area contributed by atoms with E-state index in [1.165, 1.54) is 16.1 Å². The number of thioether (sulfide) groups is 1. The van der Waals surface area contributed by atoms with Crippen molar-refractivity contribution in [3.8, 4) is 11.1 Å². The fraction of sp³-hybridized carbons (Fsp3) is 0.190. The summed E-state index contributed by atoms with van der Waals surface area (Å²) >= 11 is 6.20. The predicted molar refractivity (Wildman–Crippen MR) is 125 cm³/mol. The summed E-state index contributed by atoms with van der Waals surface area (Å²) in [6, 6.07) is 8.45. The molecule has 2 saturated heterocycles. The Morgan fingerprint density at radius 1 is 1.16 bits per heavy atom. The first kappa shape index (κ1) is 21.3. The van der Waals surface area contributed by atoms with E-state index in [0.717, 1.165) is 16.5 Å². The number of carbonyl (C=O) groups excluding carboxylic acids is 1. The van der Waals surface area contributed by atoms with Gasteiger partial charge in [0.15, 0.2) is 0 Å². The number of amides is 1. The molecule has 1 aromatic carbocycles. The van der Waals surface area contributed by atoms with E-state index in [1.807, 2.05) is 0 Å². The minimum Gasteiger partial charge on any atom is -0.456 e. The van der Waals surface area contributed by atoms with Gasteiger partial charge >= 0.3 is 0 Å². The maximum absolute atomic E-state index is 12.9. The van der Waals surface area contributed by atoms with Crippen molar-refractivity contribution in [2.24, 2.45) is 0 Å². The second-order valence-electron chi connectivity index (χ2n) is 7.15. The molecular weight excluding hydrogens is 470 g/mol. The van der Waals surface area contributed by atoms with Crippen LogP contribution in [0.1, 0.15) is 5.76 Å². The van der Waals surface area contributed by atoms with Crippen molar-refractivity contribution in [1.82, 2.24) is 14.6 Å². The lowest BCUT2D eigenvalue weighted by atomic mass is 10.1. The van der Waals surface area contributed by atoms with Crippen LogP contribution in [0.2, 0.25) is 0 Å². The van der Waals surface area contributed by atoms with Gasteiger partial charge < -0.3 is 14.5 Å². The van der Waals surface area contributed by atoms with Gasteiger partial charge in [-0.1, -0.05) is 36.1 Å². The van der Waals surface area contributed by atoms with E-state index >= 15 is 0 Å². The number of morpholine rings is 1. The Hall–Kier alpha value is -2.57. The monoisotopic (exact) mass is 487 g/mol. The van der Waals surface area contributed by atoms with E-state index in [4.69, 9.17) is 21.4 Å². The molecule has 4 heterocycles. The van der Waals surface area contributed by atoms with Crippen LogP contribution in [0.25, 0.3) is 28.2 Å². The van der Waals surface area contributed by atoms with Gasteiger partial charge in [-0.15, -0.1) is 0 Å². The molecule has 164 valence electrons. The van der Waals surface area contributed by atoms with E-state index in [1.54, 1.807) is 48.8 Å². The molecule has 0 aliphatic carbocycles. The number of pyridine rings is 1. The smallest absolute Gasteiger partial charge is 0.263 e. The first-order valence-corrected chi connectivity index (χ1v) is 12.4. The van der Waals surface area contributed by atoms with Crippen molar-refractivity contribution in [2.45, 2.75) is 4.90 Å². The number of carbonyl (C=O) groups is 1. The number of thiocarbonyl (C=S) groups is 1. The number of nitrogens with one attached hydrogen (secondary N) is 1. The Balaban J connectivity index is 1.47. The predicted octanol–water partition coefficient (Wildman–Crippen LogP) is 3.00. The summed E-state index contributed by atoms with van der Waals surface area (Å²) in [5, 5.41) is 3.34. The first-order chi connectivity index (χ1) is 15.4. The number of furan rings is 1. The lowest BCUT2D eigenvalue weighted by molar-refractivity contribution is -0.115. The second kappa shape index (κ2) is 8.41. The van der Waals surface area contributed by atoms with Crippen LogP contribution in [-0.4, -0.2) is 54.2 Å². The number of hydrogen-bond donors (Lipinski definition) is 1. The summed E-state index contributed by atoms with van der Waals surface area (Å²) in [4.78, 5) is 16.9. The van der Waals surface area contributed by atoms with Crippen LogP contribution in [0.15, 0.2) is 56.9 Å². The van der Waals surface area contributed by atoms with Crippen LogP contribution < -0.4 is 5.32 Å². The molecule has 1 amide bonds. The highest BCUT2D eigenvalue weighted by Crippen LogP contribution is 2.33. The van der Waals surface area contributed by atoms with Gasteiger partial charge in [0.05, 0.1) is 23.0 Å². The zero-order valence-electron chi connectivity index (χ0n) is 16.6. The average Bonchev–Trinajstić information content (AvgIpc) is 3.35. The number of hydrogen-bond acceptors (Lipinski definition) is 8. The summed E-state index contributed by atoms with van der Waals surface area (Å²) in [7, 11) is -3.57. The van der Waals surface area contributed by atoms with Gasteiger partial charge in [0.1, 0.15) is 15.7 Å². The van der Waals surface area contributed by atoms with Crippen LogP contribution in [0.4, 0.5) is 0 Å². The van der Waals surface area contributed by atoms with Gasteiger partial charge in [0, 0.05) is 42.5 Å². The molecule has 0 bridgehead atoms. The maximum Gasteiger partial charge on any atom is 0.263 e. The molecule has 2 aromatic heterocycles. The SMILES string of the molecule is O=C1NC(=S)S/C1=C\c1cc2cncc(-c3ccc(S(=O)(=O)N4CCOCC4)cc3)c2o1. The summed E-state index contributed by atoms with van der Waals surface area (Å²) in [6.07, 6.45) is 4.98. The van der Waals surface area contributed by atoms with Gasteiger partial charge in [-0.2, -0.15) is 4.31 Å². The van der Waals surface area contributed by atoms with E-state index in [-0.39, 0.29) is 10.8 Å². The van der Waals surface area contributed by atoms with Crippen molar-refractivity contribution in [2.75, 3.05) is 26.3 Å². The molecule has 32 heavy (non-hydrogen) atoms. The molecule has 0 atom stereocenters. The van der Waals surface area contributed by atoms with Crippen molar-refractivity contribution >= 4 is 61.3 Å². The molecule has 1 N–H and O–H groups in total. The van der Waals surface area contributed by atoms with Gasteiger partial charge in [-0.3, -0.25) is 9.78 Å². The summed E-state index contributed by atoms with van der Waals surface area (Å²) < 4.78 is 38.8. The van der Waals surface area contributed by atoms with Crippen LogP contribution in [0.3, 0.4) is 0 Å². The van der Waals surface area contributed by atoms with E-state index < -0.39 is 10.0 Å². The van der Waals surface area contributed by atoms with Crippen molar-refractivity contribution in [3.05, 3.63) is 53.4 Å². The molecule has 5 rings (SSSR count). The normalized spacial score (nSPS) is 19.1. The quantitative estimate of drug-likeness (QED) is 0.443. The summed E-state index contributed by atoms with van der Waals surface area (Å²) in [6.45, 7) is 1.49. The lowest BCUT2D eigenvalue weighted by Gasteiger charge is -2.26. The number of rotatable bonds is 4. The zero-order valence-corrected chi connectivity index (χ0v) is 19.1. The average molecular weight is 488 g/mol. The Morgan fingerprint density at radius 2 is 1.91 bits per heavy atom. The summed E-state index contributed by atoms with van der Waals surface area (Å²) in [5.41, 5.74) is 2.09. The Kier molecular flexibility index (Phi) is 5.59. The zero-order chi connectivity index (χ0) is 22.3. The molecular formula is C21H17N3O5S3. The minimum atomic E-state index is -3.57. The lowest BCUT2D eigenvalue weighted by Crippen LogP contribution is -2.40. The maximum atomic E-state index is 12.9. The standard InChI is InChI=1S/C21H17N3O5S3/c25-20-18(31-21(30)23-20)10-15-9-14-11-22-12-17(19(14)29-15)13-1-3-16(4-2-13)32(26,27)24-5-7-28-8-6-24/h1-4,9-12H,5-8H2,(H,23,25,30)/b18-10-. The van der Waals surface area contributed by atoms with E-state index in [9.17, 15) is 13.2 Å².